The van der Waals surface area contributed by atoms with Crippen molar-refractivity contribution in [3.63, 3.8) is 0 Å². The number of hydrogen-bond acceptors (Lipinski definition) is 4. The first-order valence-corrected chi connectivity index (χ1v) is 8.74. The molecule has 2 aliphatic rings. The van der Waals surface area contributed by atoms with Crippen molar-refractivity contribution in [3.05, 3.63) is 29.5 Å². The summed E-state index contributed by atoms with van der Waals surface area (Å²) in [5, 5.41) is 13.7. The summed E-state index contributed by atoms with van der Waals surface area (Å²) in [7, 11) is 0. The van der Waals surface area contributed by atoms with Gasteiger partial charge >= 0.3 is 12.1 Å². The molecule has 140 valence electrons. The molecule has 0 spiro atoms. The van der Waals surface area contributed by atoms with E-state index < -0.39 is 17.7 Å². The van der Waals surface area contributed by atoms with Crippen molar-refractivity contribution < 1.29 is 27.6 Å². The molecule has 4 rings (SSSR count). The molecule has 1 aromatic carbocycles. The van der Waals surface area contributed by atoms with E-state index in [4.69, 9.17) is 9.63 Å². The fraction of sp³-hybridized carbons (Fsp3) is 0.556. The van der Waals surface area contributed by atoms with E-state index in [-0.39, 0.29) is 23.3 Å². The second kappa shape index (κ2) is 6.26. The summed E-state index contributed by atoms with van der Waals surface area (Å²) >= 11 is 0. The Labute approximate surface area is 147 Å². The van der Waals surface area contributed by atoms with Gasteiger partial charge < -0.3 is 14.5 Å². The fourth-order valence-electron chi connectivity index (χ4n) is 3.90. The van der Waals surface area contributed by atoms with Crippen LogP contribution >= 0.6 is 0 Å². The maximum atomic E-state index is 12.8. The van der Waals surface area contributed by atoms with Crippen molar-refractivity contribution in [2.45, 2.75) is 31.4 Å². The minimum atomic E-state index is -4.40. The number of carboxylic acids is 1. The molecule has 2 aromatic rings. The third-order valence-corrected chi connectivity index (χ3v) is 5.53. The Morgan fingerprint density at radius 2 is 2.04 bits per heavy atom. The summed E-state index contributed by atoms with van der Waals surface area (Å²) in [5.41, 5.74) is 0.155. The summed E-state index contributed by atoms with van der Waals surface area (Å²) < 4.78 is 43.6. The van der Waals surface area contributed by atoms with Crippen molar-refractivity contribution in [2.24, 2.45) is 11.8 Å². The highest BCUT2D eigenvalue weighted by atomic mass is 19.4. The molecule has 1 aromatic heterocycles. The first kappa shape index (κ1) is 17.3. The monoisotopic (exact) mass is 368 g/mol. The summed E-state index contributed by atoms with van der Waals surface area (Å²) in [6, 6.07) is 3.51. The lowest BCUT2D eigenvalue weighted by Gasteiger charge is -2.31. The number of rotatable bonds is 4. The van der Waals surface area contributed by atoms with Gasteiger partial charge in [-0.15, -0.1) is 0 Å². The summed E-state index contributed by atoms with van der Waals surface area (Å²) in [6.07, 6.45) is -1.96. The summed E-state index contributed by atoms with van der Waals surface area (Å²) in [5.74, 6) is -0.511. The van der Waals surface area contributed by atoms with Gasteiger partial charge in [0.15, 0.2) is 5.58 Å². The van der Waals surface area contributed by atoms with Crippen molar-refractivity contribution in [1.82, 2.24) is 10.1 Å². The largest absolute Gasteiger partial charge is 0.481 e. The van der Waals surface area contributed by atoms with Gasteiger partial charge in [-0.25, -0.2) is 0 Å². The number of halogens is 3. The predicted molar refractivity (Wildman–Crippen MR) is 86.7 cm³/mol. The topological polar surface area (TPSA) is 66.6 Å². The fourth-order valence-corrected chi connectivity index (χ4v) is 3.90. The van der Waals surface area contributed by atoms with Crippen molar-refractivity contribution >= 4 is 16.9 Å². The molecular formula is C18H19F3N2O3. The Balaban J connectivity index is 1.41. The molecule has 5 nitrogen and oxygen atoms in total. The van der Waals surface area contributed by atoms with Gasteiger partial charge in [0.05, 0.1) is 17.2 Å². The smallest absolute Gasteiger partial charge is 0.416 e. The van der Waals surface area contributed by atoms with Crippen LogP contribution < -0.4 is 0 Å². The van der Waals surface area contributed by atoms with Crippen LogP contribution in [0.5, 0.6) is 0 Å². The Kier molecular flexibility index (Phi) is 4.17. The van der Waals surface area contributed by atoms with Gasteiger partial charge in [0.25, 0.3) is 0 Å². The molecule has 1 aliphatic heterocycles. The highest BCUT2D eigenvalue weighted by molar-refractivity contribution is 5.80. The zero-order chi connectivity index (χ0) is 18.5. The molecule has 2 unspecified atom stereocenters. The standard InChI is InChI=1S/C18H19F3N2O3/c19-18(20,21)12-1-2-13-15(8-12)26-22-16(13)10-3-5-23(6-4-10)9-11-7-14(11)17(24)25/h1-2,8,10-11,14H,3-7,9H2,(H,24,25). The highest BCUT2D eigenvalue weighted by Gasteiger charge is 2.44. The lowest BCUT2D eigenvalue weighted by atomic mass is 9.91. The molecule has 1 saturated carbocycles. The molecule has 1 N–H and O–H groups in total. The van der Waals surface area contributed by atoms with E-state index in [1.54, 1.807) is 0 Å². The van der Waals surface area contributed by atoms with Crippen molar-refractivity contribution in [3.8, 4) is 0 Å². The Hall–Kier alpha value is -2.09. The molecule has 0 amide bonds. The third-order valence-electron chi connectivity index (χ3n) is 5.53. The molecular weight excluding hydrogens is 349 g/mol. The zero-order valence-electron chi connectivity index (χ0n) is 14.0. The number of likely N-dealkylation sites (tertiary alicyclic amines) is 1. The van der Waals surface area contributed by atoms with Crippen LogP contribution in [0.1, 0.15) is 36.4 Å². The molecule has 1 saturated heterocycles. The maximum Gasteiger partial charge on any atom is 0.416 e. The number of aliphatic carboxylic acids is 1. The number of carboxylic acid groups (broad SMARTS) is 1. The van der Waals surface area contributed by atoms with Crippen LogP contribution in [0.25, 0.3) is 11.0 Å². The number of piperidine rings is 1. The van der Waals surface area contributed by atoms with Crippen LogP contribution in [0.2, 0.25) is 0 Å². The zero-order valence-corrected chi connectivity index (χ0v) is 14.0. The normalized spacial score (nSPS) is 24.9. The Morgan fingerprint density at radius 3 is 2.65 bits per heavy atom. The van der Waals surface area contributed by atoms with Gasteiger partial charge in [0, 0.05) is 17.8 Å². The van der Waals surface area contributed by atoms with E-state index in [1.165, 1.54) is 6.07 Å². The molecule has 2 fully saturated rings. The molecule has 26 heavy (non-hydrogen) atoms. The average molecular weight is 368 g/mol. The van der Waals surface area contributed by atoms with Crippen LogP contribution in [0.4, 0.5) is 13.2 Å². The number of carbonyl (C=O) groups is 1. The van der Waals surface area contributed by atoms with E-state index in [1.807, 2.05) is 0 Å². The third kappa shape index (κ3) is 3.30. The maximum absolute atomic E-state index is 12.8. The van der Waals surface area contributed by atoms with Gasteiger partial charge in [-0.3, -0.25) is 4.79 Å². The van der Waals surface area contributed by atoms with Gasteiger partial charge in [-0.05, 0) is 56.5 Å². The van der Waals surface area contributed by atoms with E-state index in [0.29, 0.717) is 5.39 Å². The molecule has 8 heteroatoms. The van der Waals surface area contributed by atoms with Crippen molar-refractivity contribution in [2.75, 3.05) is 19.6 Å². The van der Waals surface area contributed by atoms with Crippen molar-refractivity contribution in [1.29, 1.82) is 0 Å². The van der Waals surface area contributed by atoms with Crippen LogP contribution in [-0.2, 0) is 11.0 Å². The molecule has 1 aliphatic carbocycles. The first-order valence-electron chi connectivity index (χ1n) is 8.74. The summed E-state index contributed by atoms with van der Waals surface area (Å²) in [6.45, 7) is 2.48. The van der Waals surface area contributed by atoms with E-state index in [0.717, 1.165) is 56.7 Å². The second-order valence-corrected chi connectivity index (χ2v) is 7.29. The lowest BCUT2D eigenvalue weighted by Crippen LogP contribution is -2.35. The number of fused-ring (bicyclic) bond motifs is 1. The van der Waals surface area contributed by atoms with Crippen LogP contribution in [0.15, 0.2) is 22.7 Å². The number of benzene rings is 1. The van der Waals surface area contributed by atoms with Gasteiger partial charge in [-0.2, -0.15) is 13.2 Å². The van der Waals surface area contributed by atoms with E-state index in [9.17, 15) is 18.0 Å². The van der Waals surface area contributed by atoms with Gasteiger partial charge in [0.2, 0.25) is 0 Å². The van der Waals surface area contributed by atoms with Gasteiger partial charge in [0.1, 0.15) is 0 Å². The highest BCUT2D eigenvalue weighted by Crippen LogP contribution is 2.41. The molecule has 2 atom stereocenters. The predicted octanol–water partition coefficient (Wildman–Crippen LogP) is 3.75. The Morgan fingerprint density at radius 1 is 1.31 bits per heavy atom. The Bertz CT molecular complexity index is 825. The number of nitrogens with zero attached hydrogens (tertiary/aromatic N) is 2. The van der Waals surface area contributed by atoms with Crippen LogP contribution in [-0.4, -0.2) is 40.8 Å². The number of hydrogen-bond donors (Lipinski definition) is 1. The SMILES string of the molecule is O=C(O)C1CC1CN1CCC(c2noc3cc(C(F)(F)F)ccc23)CC1. The number of alkyl halides is 3. The first-order chi connectivity index (χ1) is 12.3. The van der Waals surface area contributed by atoms with E-state index >= 15 is 0 Å². The van der Waals surface area contributed by atoms with Gasteiger partial charge in [-0.1, -0.05) is 5.16 Å². The minimum absolute atomic E-state index is 0.152. The summed E-state index contributed by atoms with van der Waals surface area (Å²) in [4.78, 5) is 13.2. The molecule has 2 heterocycles. The van der Waals surface area contributed by atoms with Crippen LogP contribution in [0.3, 0.4) is 0 Å². The lowest BCUT2D eigenvalue weighted by molar-refractivity contribution is -0.139. The number of aromatic nitrogens is 1. The average Bonchev–Trinajstić information content (AvgIpc) is 3.23. The van der Waals surface area contributed by atoms with Crippen LogP contribution in [0, 0.1) is 11.8 Å². The molecule has 0 radical (unpaired) electrons. The second-order valence-electron chi connectivity index (χ2n) is 7.29. The quantitative estimate of drug-likeness (QED) is 0.890. The minimum Gasteiger partial charge on any atom is -0.481 e. The molecule has 0 bridgehead atoms. The van der Waals surface area contributed by atoms with E-state index in [2.05, 4.69) is 10.1 Å².